The van der Waals surface area contributed by atoms with E-state index in [1.54, 1.807) is 27.8 Å². The molecule has 1 fully saturated rings. The zero-order valence-corrected chi connectivity index (χ0v) is 11.4. The van der Waals surface area contributed by atoms with E-state index >= 15 is 0 Å². The smallest absolute Gasteiger partial charge is 0.410 e. The molecule has 106 valence electrons. The van der Waals surface area contributed by atoms with Gasteiger partial charge in [-0.1, -0.05) is 0 Å². The van der Waals surface area contributed by atoms with Gasteiger partial charge >= 0.3 is 6.09 Å². The van der Waals surface area contributed by atoms with Gasteiger partial charge in [0, 0.05) is 19.0 Å². The van der Waals surface area contributed by atoms with E-state index in [1.807, 2.05) is 0 Å². The molecule has 1 heterocycles. The Morgan fingerprint density at radius 1 is 1.50 bits per heavy atom. The predicted molar refractivity (Wildman–Crippen MR) is 64.8 cm³/mol. The highest BCUT2D eigenvalue weighted by atomic mass is 19.3. The highest BCUT2D eigenvalue weighted by Crippen LogP contribution is 2.33. The molecule has 0 aromatic carbocycles. The highest BCUT2D eigenvalue weighted by Gasteiger charge is 2.46. The van der Waals surface area contributed by atoms with Gasteiger partial charge in [0.15, 0.2) is 0 Å². The van der Waals surface area contributed by atoms with Crippen LogP contribution < -0.4 is 5.32 Å². The number of alkyl halides is 2. The molecule has 0 aromatic rings. The predicted octanol–water partition coefficient (Wildman–Crippen LogP) is 2.10. The first-order valence-electron chi connectivity index (χ1n) is 6.16. The normalized spacial score (nSPS) is 23.9. The van der Waals surface area contributed by atoms with Crippen LogP contribution in [0.4, 0.5) is 13.6 Å². The van der Waals surface area contributed by atoms with Crippen molar-refractivity contribution in [2.45, 2.75) is 38.7 Å². The van der Waals surface area contributed by atoms with Crippen LogP contribution in [0, 0.1) is 5.92 Å². The quantitative estimate of drug-likeness (QED) is 0.830. The Morgan fingerprint density at radius 2 is 2.11 bits per heavy atom. The van der Waals surface area contributed by atoms with E-state index in [9.17, 15) is 13.6 Å². The topological polar surface area (TPSA) is 41.6 Å². The van der Waals surface area contributed by atoms with E-state index in [4.69, 9.17) is 4.74 Å². The van der Waals surface area contributed by atoms with Crippen molar-refractivity contribution in [3.8, 4) is 0 Å². The van der Waals surface area contributed by atoms with Gasteiger partial charge in [0.05, 0.1) is 6.54 Å². The molecule has 1 rings (SSSR count). The number of amides is 1. The average Bonchev–Trinajstić information content (AvgIpc) is 2.18. The fourth-order valence-corrected chi connectivity index (χ4v) is 1.97. The third-order valence-electron chi connectivity index (χ3n) is 2.85. The van der Waals surface area contributed by atoms with Gasteiger partial charge in [0.1, 0.15) is 5.60 Å². The fraction of sp³-hybridized carbons (Fsp3) is 0.917. The van der Waals surface area contributed by atoms with Crippen molar-refractivity contribution < 1.29 is 18.3 Å². The van der Waals surface area contributed by atoms with Crippen LogP contribution in [0.25, 0.3) is 0 Å². The second-order valence-corrected chi connectivity index (χ2v) is 5.71. The van der Waals surface area contributed by atoms with Gasteiger partial charge in [-0.3, -0.25) is 0 Å². The SMILES string of the molecule is CNCC1CCN(C(=O)OC(C)(C)C)CC1(F)F. The number of nitrogens with zero attached hydrogens (tertiary/aromatic N) is 1. The van der Waals surface area contributed by atoms with Gasteiger partial charge in [0.2, 0.25) is 0 Å². The second-order valence-electron chi connectivity index (χ2n) is 5.71. The molecular weight excluding hydrogens is 242 g/mol. The van der Waals surface area contributed by atoms with E-state index in [1.165, 1.54) is 0 Å². The van der Waals surface area contributed by atoms with Crippen molar-refractivity contribution in [1.82, 2.24) is 10.2 Å². The molecule has 1 aliphatic heterocycles. The van der Waals surface area contributed by atoms with E-state index < -0.39 is 30.1 Å². The molecular formula is C12H22F2N2O2. The van der Waals surface area contributed by atoms with Gasteiger partial charge in [-0.05, 0) is 34.2 Å². The summed E-state index contributed by atoms with van der Waals surface area (Å²) in [6, 6.07) is 0. The Kier molecular flexibility index (Phi) is 4.53. The van der Waals surface area contributed by atoms with Gasteiger partial charge < -0.3 is 15.0 Å². The largest absolute Gasteiger partial charge is 0.444 e. The summed E-state index contributed by atoms with van der Waals surface area (Å²) in [4.78, 5) is 12.8. The van der Waals surface area contributed by atoms with Crippen molar-refractivity contribution in [2.75, 3.05) is 26.7 Å². The number of hydrogen-bond acceptors (Lipinski definition) is 3. The number of nitrogens with one attached hydrogen (secondary N) is 1. The Bertz CT molecular complexity index is 303. The minimum Gasteiger partial charge on any atom is -0.444 e. The van der Waals surface area contributed by atoms with Crippen LogP contribution in [0.3, 0.4) is 0 Å². The zero-order chi connectivity index (χ0) is 14.0. The van der Waals surface area contributed by atoms with Gasteiger partial charge in [-0.2, -0.15) is 0 Å². The first kappa shape index (κ1) is 15.1. The van der Waals surface area contributed by atoms with Crippen LogP contribution in [-0.4, -0.2) is 49.2 Å². The summed E-state index contributed by atoms with van der Waals surface area (Å²) >= 11 is 0. The summed E-state index contributed by atoms with van der Waals surface area (Å²) in [5.74, 6) is -3.58. The van der Waals surface area contributed by atoms with Crippen LogP contribution in [0.5, 0.6) is 0 Å². The summed E-state index contributed by atoms with van der Waals surface area (Å²) in [5, 5.41) is 2.76. The minimum atomic E-state index is -2.86. The number of halogens is 2. The molecule has 1 N–H and O–H groups in total. The highest BCUT2D eigenvalue weighted by molar-refractivity contribution is 5.68. The van der Waals surface area contributed by atoms with Crippen molar-refractivity contribution in [3.05, 3.63) is 0 Å². The Balaban J connectivity index is 2.60. The Labute approximate surface area is 107 Å². The number of piperidine rings is 1. The lowest BCUT2D eigenvalue weighted by atomic mass is 9.93. The fourth-order valence-electron chi connectivity index (χ4n) is 1.97. The Morgan fingerprint density at radius 3 is 2.56 bits per heavy atom. The number of hydrogen-bond donors (Lipinski definition) is 1. The van der Waals surface area contributed by atoms with Crippen LogP contribution in [0.15, 0.2) is 0 Å². The Hall–Kier alpha value is -0.910. The third-order valence-corrected chi connectivity index (χ3v) is 2.85. The molecule has 1 atom stereocenters. The van der Waals surface area contributed by atoms with Crippen LogP contribution in [-0.2, 0) is 4.74 Å². The number of likely N-dealkylation sites (tertiary alicyclic amines) is 1. The van der Waals surface area contributed by atoms with Crippen molar-refractivity contribution >= 4 is 6.09 Å². The number of ether oxygens (including phenoxy) is 1. The van der Waals surface area contributed by atoms with Crippen molar-refractivity contribution in [3.63, 3.8) is 0 Å². The summed E-state index contributed by atoms with van der Waals surface area (Å²) in [5.41, 5.74) is -0.659. The van der Waals surface area contributed by atoms with Crippen molar-refractivity contribution in [2.24, 2.45) is 5.92 Å². The lowest BCUT2D eigenvalue weighted by molar-refractivity contribution is -0.108. The molecule has 1 unspecified atom stereocenters. The molecule has 0 bridgehead atoms. The molecule has 0 spiro atoms. The second kappa shape index (κ2) is 5.38. The van der Waals surface area contributed by atoms with E-state index in [2.05, 4.69) is 5.32 Å². The van der Waals surface area contributed by atoms with Crippen LogP contribution >= 0.6 is 0 Å². The molecule has 18 heavy (non-hydrogen) atoms. The lowest BCUT2D eigenvalue weighted by Crippen LogP contribution is -2.53. The first-order valence-corrected chi connectivity index (χ1v) is 6.16. The summed E-state index contributed by atoms with van der Waals surface area (Å²) in [6.45, 7) is 5.17. The number of carbonyl (C=O) groups is 1. The molecule has 0 radical (unpaired) electrons. The molecule has 4 nitrogen and oxygen atoms in total. The first-order chi connectivity index (χ1) is 8.15. The van der Waals surface area contributed by atoms with Crippen LogP contribution in [0.1, 0.15) is 27.2 Å². The van der Waals surface area contributed by atoms with Gasteiger partial charge in [0.25, 0.3) is 5.92 Å². The summed E-state index contributed by atoms with van der Waals surface area (Å²) in [7, 11) is 1.65. The lowest BCUT2D eigenvalue weighted by Gasteiger charge is -2.38. The number of rotatable bonds is 2. The molecule has 1 aliphatic rings. The third kappa shape index (κ3) is 4.08. The monoisotopic (exact) mass is 264 g/mol. The summed E-state index contributed by atoms with van der Waals surface area (Å²) in [6.07, 6.45) is -0.377. The molecule has 1 amide bonds. The average molecular weight is 264 g/mol. The van der Waals surface area contributed by atoms with Crippen molar-refractivity contribution in [1.29, 1.82) is 0 Å². The standard InChI is InChI=1S/C12H22F2N2O2/c1-11(2,3)18-10(17)16-6-5-9(7-15-4)12(13,14)8-16/h9,15H,5-8H2,1-4H3. The number of carbonyl (C=O) groups excluding carboxylic acids is 1. The minimum absolute atomic E-state index is 0.259. The maximum atomic E-state index is 13.8. The van der Waals surface area contributed by atoms with E-state index in [0.29, 0.717) is 6.54 Å². The molecule has 6 heteroatoms. The van der Waals surface area contributed by atoms with Gasteiger partial charge in [-0.25, -0.2) is 13.6 Å². The van der Waals surface area contributed by atoms with E-state index in [-0.39, 0.29) is 13.0 Å². The van der Waals surface area contributed by atoms with Gasteiger partial charge in [-0.15, -0.1) is 0 Å². The zero-order valence-electron chi connectivity index (χ0n) is 11.4. The molecule has 1 saturated heterocycles. The maximum Gasteiger partial charge on any atom is 0.410 e. The molecule has 0 aliphatic carbocycles. The maximum absolute atomic E-state index is 13.8. The van der Waals surface area contributed by atoms with Crippen LogP contribution in [0.2, 0.25) is 0 Å². The van der Waals surface area contributed by atoms with E-state index in [0.717, 1.165) is 4.90 Å². The summed E-state index contributed by atoms with van der Waals surface area (Å²) < 4.78 is 32.7. The molecule has 0 saturated carbocycles. The molecule has 0 aromatic heterocycles.